The summed E-state index contributed by atoms with van der Waals surface area (Å²) in [6.45, 7) is 1.63. The Hall–Kier alpha value is -0.520. The van der Waals surface area contributed by atoms with Crippen molar-refractivity contribution in [2.45, 2.75) is 19.4 Å². The van der Waals surface area contributed by atoms with Crippen molar-refractivity contribution in [2.75, 3.05) is 11.5 Å². The van der Waals surface area contributed by atoms with E-state index in [1.54, 1.807) is 6.92 Å². The Balaban J connectivity index is 3.31. The Kier molecular flexibility index (Phi) is 5.79. The van der Waals surface area contributed by atoms with Crippen LogP contribution in [-0.2, 0) is 0 Å². The summed E-state index contributed by atoms with van der Waals surface area (Å²) in [6, 6.07) is -0.286. The van der Waals surface area contributed by atoms with Crippen molar-refractivity contribution in [1.82, 2.24) is 5.32 Å². The van der Waals surface area contributed by atoms with Gasteiger partial charge in [0.25, 0.3) is 0 Å². The molecular weight excluding hydrogens is 188 g/mol. The zero-order valence-corrected chi connectivity index (χ0v) is 7.41. The Morgan fingerprint density at radius 1 is 1.58 bits per heavy atom. The van der Waals surface area contributed by atoms with Gasteiger partial charge >= 0.3 is 6.09 Å². The average Bonchev–Trinajstić information content (AvgIpc) is 1.84. The molecule has 0 aliphatic heterocycles. The van der Waals surface area contributed by atoms with Crippen molar-refractivity contribution in [2.24, 2.45) is 0 Å². The van der Waals surface area contributed by atoms with Crippen LogP contribution in [0.15, 0.2) is 0 Å². The lowest BCUT2D eigenvalue weighted by Gasteiger charge is -2.09. The summed E-state index contributed by atoms with van der Waals surface area (Å²) in [5.74, 6) is 0.127. The Morgan fingerprint density at radius 3 is 2.58 bits per heavy atom. The summed E-state index contributed by atoms with van der Waals surface area (Å²) in [4.78, 5) is 10.0. The van der Waals surface area contributed by atoms with Gasteiger partial charge in [-0.3, -0.25) is 0 Å². The molecule has 1 atom stereocenters. The second-order valence-corrected chi connectivity index (χ2v) is 3.35. The van der Waals surface area contributed by atoms with E-state index >= 15 is 0 Å². The molecule has 0 unspecified atom stereocenters. The maximum atomic E-state index is 11.6. The molecule has 0 saturated heterocycles. The molecule has 0 rings (SSSR count). The lowest BCUT2D eigenvalue weighted by atomic mass is 10.4. The van der Waals surface area contributed by atoms with E-state index in [4.69, 9.17) is 5.11 Å². The molecular formula is C6H11F2NO2S. The van der Waals surface area contributed by atoms with Gasteiger partial charge in [-0.15, -0.1) is 0 Å². The second-order valence-electron chi connectivity index (χ2n) is 2.28. The van der Waals surface area contributed by atoms with Crippen LogP contribution in [0.4, 0.5) is 13.6 Å². The van der Waals surface area contributed by atoms with E-state index < -0.39 is 12.5 Å². The van der Waals surface area contributed by atoms with Gasteiger partial charge in [0.2, 0.25) is 6.43 Å². The number of rotatable bonds is 5. The molecule has 72 valence electrons. The lowest BCUT2D eigenvalue weighted by Crippen LogP contribution is -2.33. The van der Waals surface area contributed by atoms with Gasteiger partial charge in [-0.1, -0.05) is 0 Å². The molecule has 12 heavy (non-hydrogen) atoms. The molecule has 6 heteroatoms. The molecule has 0 aliphatic carbocycles. The molecule has 0 saturated carbocycles. The van der Waals surface area contributed by atoms with E-state index in [-0.39, 0.29) is 11.8 Å². The molecule has 0 aromatic heterocycles. The fourth-order valence-corrected chi connectivity index (χ4v) is 1.34. The van der Waals surface area contributed by atoms with Crippen LogP contribution in [0.1, 0.15) is 6.92 Å². The average molecular weight is 199 g/mol. The minimum Gasteiger partial charge on any atom is -0.465 e. The van der Waals surface area contributed by atoms with E-state index in [1.165, 1.54) is 0 Å². The highest BCUT2D eigenvalue weighted by Gasteiger charge is 2.07. The van der Waals surface area contributed by atoms with Crippen LogP contribution < -0.4 is 5.32 Å². The van der Waals surface area contributed by atoms with Crippen LogP contribution in [0.5, 0.6) is 0 Å². The quantitative estimate of drug-likeness (QED) is 0.707. The molecule has 0 spiro atoms. The van der Waals surface area contributed by atoms with Gasteiger partial charge in [-0.25, -0.2) is 13.6 Å². The molecule has 2 N–H and O–H groups in total. The highest BCUT2D eigenvalue weighted by atomic mass is 32.2. The molecule has 0 aliphatic rings. The number of nitrogens with one attached hydrogen (secondary N) is 1. The van der Waals surface area contributed by atoms with Gasteiger partial charge in [-0.05, 0) is 6.92 Å². The SMILES string of the molecule is C[C@H](CSCC(F)F)NC(=O)O. The first-order chi connectivity index (χ1) is 5.52. The standard InChI is InChI=1S/C6H11F2NO2S/c1-4(9-6(10)11)2-12-3-5(7)8/h4-5,9H,2-3H2,1H3,(H,10,11)/t4-/m1/s1. The third-order valence-corrected chi connectivity index (χ3v) is 2.20. The molecule has 0 aromatic rings. The number of amides is 1. The van der Waals surface area contributed by atoms with Crippen LogP contribution in [0.3, 0.4) is 0 Å². The molecule has 1 amide bonds. The van der Waals surface area contributed by atoms with Crippen molar-refractivity contribution >= 4 is 17.9 Å². The predicted octanol–water partition coefficient (Wildman–Crippen LogP) is 1.64. The van der Waals surface area contributed by atoms with Gasteiger partial charge in [-0.2, -0.15) is 11.8 Å². The summed E-state index contributed by atoms with van der Waals surface area (Å²) in [7, 11) is 0. The normalized spacial score (nSPS) is 13.0. The van der Waals surface area contributed by atoms with E-state index in [2.05, 4.69) is 5.32 Å². The third-order valence-electron chi connectivity index (χ3n) is 0.982. The predicted molar refractivity (Wildman–Crippen MR) is 44.0 cm³/mol. The molecule has 0 aromatic carbocycles. The van der Waals surface area contributed by atoms with Gasteiger partial charge in [0.05, 0.1) is 5.75 Å². The number of hydrogen-bond donors (Lipinski definition) is 2. The van der Waals surface area contributed by atoms with Crippen LogP contribution in [0.25, 0.3) is 0 Å². The number of thioether (sulfide) groups is 1. The maximum Gasteiger partial charge on any atom is 0.404 e. The van der Waals surface area contributed by atoms with Crippen molar-refractivity contribution in [3.05, 3.63) is 0 Å². The number of carboxylic acid groups (broad SMARTS) is 1. The molecule has 0 radical (unpaired) electrons. The van der Waals surface area contributed by atoms with Crippen molar-refractivity contribution in [3.8, 4) is 0 Å². The highest BCUT2D eigenvalue weighted by Crippen LogP contribution is 2.07. The van der Waals surface area contributed by atoms with Crippen molar-refractivity contribution < 1.29 is 18.7 Å². The monoisotopic (exact) mass is 199 g/mol. The number of alkyl halides is 2. The first-order valence-corrected chi connectivity index (χ1v) is 4.53. The maximum absolute atomic E-state index is 11.6. The van der Waals surface area contributed by atoms with E-state index in [0.717, 1.165) is 11.8 Å². The van der Waals surface area contributed by atoms with Gasteiger partial charge in [0, 0.05) is 11.8 Å². The molecule has 0 heterocycles. The lowest BCUT2D eigenvalue weighted by molar-refractivity contribution is 0.177. The zero-order chi connectivity index (χ0) is 9.56. The van der Waals surface area contributed by atoms with Crippen molar-refractivity contribution in [1.29, 1.82) is 0 Å². The van der Waals surface area contributed by atoms with Gasteiger partial charge in [0.15, 0.2) is 0 Å². The summed E-state index contributed by atoms with van der Waals surface area (Å²) < 4.78 is 23.2. The van der Waals surface area contributed by atoms with Gasteiger partial charge in [0.1, 0.15) is 0 Å². The number of carbonyl (C=O) groups is 1. The van der Waals surface area contributed by atoms with Crippen LogP contribution in [0.2, 0.25) is 0 Å². The molecule has 0 bridgehead atoms. The van der Waals surface area contributed by atoms with Crippen LogP contribution in [0, 0.1) is 0 Å². The van der Waals surface area contributed by atoms with Crippen LogP contribution >= 0.6 is 11.8 Å². The molecule has 0 fully saturated rings. The van der Waals surface area contributed by atoms with E-state index in [1.807, 2.05) is 0 Å². The number of halogens is 2. The third kappa shape index (κ3) is 7.59. The second kappa shape index (κ2) is 6.05. The van der Waals surface area contributed by atoms with Crippen LogP contribution in [-0.4, -0.2) is 35.2 Å². The summed E-state index contributed by atoms with van der Waals surface area (Å²) in [6.07, 6.45) is -3.45. The minimum atomic E-state index is -2.33. The number of hydrogen-bond acceptors (Lipinski definition) is 2. The van der Waals surface area contributed by atoms with E-state index in [9.17, 15) is 13.6 Å². The Labute approximate surface area is 73.5 Å². The fourth-order valence-electron chi connectivity index (χ4n) is 0.586. The fraction of sp³-hybridized carbons (Fsp3) is 0.833. The van der Waals surface area contributed by atoms with Crippen molar-refractivity contribution in [3.63, 3.8) is 0 Å². The smallest absolute Gasteiger partial charge is 0.404 e. The first-order valence-electron chi connectivity index (χ1n) is 3.37. The topological polar surface area (TPSA) is 49.3 Å². The van der Waals surface area contributed by atoms with E-state index in [0.29, 0.717) is 5.75 Å². The largest absolute Gasteiger partial charge is 0.465 e. The highest BCUT2D eigenvalue weighted by molar-refractivity contribution is 7.99. The summed E-state index contributed by atoms with van der Waals surface area (Å²) >= 11 is 1.04. The summed E-state index contributed by atoms with van der Waals surface area (Å²) in [5, 5.41) is 10.4. The summed E-state index contributed by atoms with van der Waals surface area (Å²) in [5.41, 5.74) is 0. The first kappa shape index (κ1) is 11.5. The molecule has 3 nitrogen and oxygen atoms in total. The minimum absolute atomic E-state index is 0.244. The Morgan fingerprint density at radius 2 is 2.17 bits per heavy atom. The zero-order valence-electron chi connectivity index (χ0n) is 6.59. The Bertz CT molecular complexity index is 146. The van der Waals surface area contributed by atoms with Gasteiger partial charge < -0.3 is 10.4 Å².